The highest BCUT2D eigenvalue weighted by molar-refractivity contribution is 7.73. The maximum Gasteiger partial charge on any atom is 0.407 e. The Labute approximate surface area is 148 Å². The molecule has 0 saturated heterocycles. The van der Waals surface area contributed by atoms with Crippen LogP contribution < -0.4 is 5.32 Å². The van der Waals surface area contributed by atoms with Gasteiger partial charge >= 0.3 is 12.1 Å². The van der Waals surface area contributed by atoms with Crippen LogP contribution in [0.5, 0.6) is 0 Å². The fourth-order valence-corrected chi connectivity index (χ4v) is 2.78. The van der Waals surface area contributed by atoms with Crippen LogP contribution in [0.2, 0.25) is 0 Å². The number of carbonyl (C=O) groups excluding carboxylic acids is 1. The Kier molecular flexibility index (Phi) is 7.38. The number of amides is 1. The molecule has 0 bridgehead atoms. The molecule has 1 aliphatic rings. The van der Waals surface area contributed by atoms with E-state index in [2.05, 4.69) is 5.32 Å². The van der Waals surface area contributed by atoms with Gasteiger partial charge in [-0.05, 0) is 45.8 Å². The molecule has 2 N–H and O–H groups in total. The molecule has 0 radical (unpaired) electrons. The quantitative estimate of drug-likeness (QED) is 0.532. The van der Waals surface area contributed by atoms with E-state index in [4.69, 9.17) is 9.47 Å². The summed E-state index contributed by atoms with van der Waals surface area (Å²) < 4.78 is 33.4. The highest BCUT2D eigenvalue weighted by Crippen LogP contribution is 2.20. The van der Waals surface area contributed by atoms with Gasteiger partial charge in [-0.15, -0.1) is 0 Å². The number of rotatable bonds is 6. The molecule has 8 nitrogen and oxygen atoms in total. The van der Waals surface area contributed by atoms with E-state index in [1.54, 1.807) is 27.7 Å². The first kappa shape index (κ1) is 20.9. The number of carboxylic acid groups (broad SMARTS) is 1. The van der Waals surface area contributed by atoms with Crippen LogP contribution in [-0.2, 0) is 24.6 Å². The molecule has 0 aromatic rings. The molecule has 0 aliphatic heterocycles. The molecule has 0 saturated carbocycles. The highest BCUT2D eigenvalue weighted by atomic mass is 32.2. The third kappa shape index (κ3) is 6.71. The zero-order valence-electron chi connectivity index (χ0n) is 14.7. The minimum atomic E-state index is -2.60. The van der Waals surface area contributed by atoms with E-state index < -0.39 is 34.1 Å². The fraction of sp³-hybridized carbons (Fsp3) is 0.562. The SMILES string of the molecule is CC1=CC=C(C(=O)O)C(OCCCNC(=O)OC(C)(C)C)C1=S(=O)=O. The molecule has 25 heavy (non-hydrogen) atoms. The van der Waals surface area contributed by atoms with E-state index in [0.717, 1.165) is 0 Å². The second-order valence-electron chi connectivity index (χ2n) is 6.41. The van der Waals surface area contributed by atoms with Gasteiger partial charge in [0.1, 0.15) is 16.6 Å². The molecule has 1 amide bonds. The summed E-state index contributed by atoms with van der Waals surface area (Å²) in [7, 11) is -2.60. The van der Waals surface area contributed by atoms with E-state index >= 15 is 0 Å². The Morgan fingerprint density at radius 1 is 1.28 bits per heavy atom. The zero-order valence-corrected chi connectivity index (χ0v) is 15.5. The predicted molar refractivity (Wildman–Crippen MR) is 92.0 cm³/mol. The smallest absolute Gasteiger partial charge is 0.407 e. The van der Waals surface area contributed by atoms with E-state index in [-0.39, 0.29) is 23.6 Å². The van der Waals surface area contributed by atoms with Crippen molar-refractivity contribution in [2.45, 2.75) is 45.8 Å². The summed E-state index contributed by atoms with van der Waals surface area (Å²) in [5.41, 5.74) is -0.324. The van der Waals surface area contributed by atoms with Gasteiger partial charge in [-0.3, -0.25) is 0 Å². The van der Waals surface area contributed by atoms with E-state index in [1.165, 1.54) is 12.2 Å². The number of hydrogen-bond donors (Lipinski definition) is 2. The summed E-state index contributed by atoms with van der Waals surface area (Å²) in [4.78, 5) is 22.7. The van der Waals surface area contributed by atoms with Gasteiger partial charge in [0, 0.05) is 13.2 Å². The third-order valence-corrected chi connectivity index (χ3v) is 4.02. The average Bonchev–Trinajstić information content (AvgIpc) is 2.44. The monoisotopic (exact) mass is 373 g/mol. The molecule has 1 unspecified atom stereocenters. The van der Waals surface area contributed by atoms with E-state index in [9.17, 15) is 23.1 Å². The predicted octanol–water partition coefficient (Wildman–Crippen LogP) is 1.31. The second-order valence-corrected chi connectivity index (χ2v) is 7.32. The van der Waals surface area contributed by atoms with Crippen LogP contribution in [0, 0.1) is 0 Å². The number of ether oxygens (including phenoxy) is 2. The number of hydrogen-bond acceptors (Lipinski definition) is 6. The average molecular weight is 373 g/mol. The summed E-state index contributed by atoms with van der Waals surface area (Å²) in [5.74, 6) is -1.25. The largest absolute Gasteiger partial charge is 0.478 e. The molecule has 0 aromatic carbocycles. The zero-order chi connectivity index (χ0) is 19.2. The van der Waals surface area contributed by atoms with Crippen molar-refractivity contribution in [2.24, 2.45) is 0 Å². The molecule has 0 spiro atoms. The van der Waals surface area contributed by atoms with Crippen LogP contribution in [0.3, 0.4) is 0 Å². The van der Waals surface area contributed by atoms with Gasteiger partial charge in [-0.1, -0.05) is 6.08 Å². The molecular formula is C16H23NO7S. The molecule has 1 atom stereocenters. The number of carboxylic acids is 1. The van der Waals surface area contributed by atoms with Gasteiger partial charge in [0.25, 0.3) is 0 Å². The Bertz CT molecular complexity index is 718. The summed E-state index contributed by atoms with van der Waals surface area (Å²) in [6.07, 6.45) is 1.39. The lowest BCUT2D eigenvalue weighted by Gasteiger charge is -2.22. The van der Waals surface area contributed by atoms with Crippen molar-refractivity contribution in [2.75, 3.05) is 13.2 Å². The van der Waals surface area contributed by atoms with Crippen molar-refractivity contribution in [3.05, 3.63) is 23.3 Å². The molecule has 1 aliphatic carbocycles. The Morgan fingerprint density at radius 3 is 2.44 bits per heavy atom. The molecule has 140 valence electrons. The lowest BCUT2D eigenvalue weighted by Crippen LogP contribution is -2.35. The van der Waals surface area contributed by atoms with Gasteiger partial charge in [0.15, 0.2) is 0 Å². The van der Waals surface area contributed by atoms with E-state index in [0.29, 0.717) is 12.0 Å². The Balaban J connectivity index is 2.61. The van der Waals surface area contributed by atoms with Crippen LogP contribution >= 0.6 is 0 Å². The minimum absolute atomic E-state index is 0.0685. The summed E-state index contributed by atoms with van der Waals surface area (Å²) in [5, 5.41) is 11.8. The van der Waals surface area contributed by atoms with Crippen molar-refractivity contribution >= 4 is 27.2 Å². The van der Waals surface area contributed by atoms with Crippen LogP contribution in [0.4, 0.5) is 4.79 Å². The van der Waals surface area contributed by atoms with Crippen molar-refractivity contribution in [3.63, 3.8) is 0 Å². The van der Waals surface area contributed by atoms with Crippen molar-refractivity contribution in [3.8, 4) is 0 Å². The van der Waals surface area contributed by atoms with Gasteiger partial charge in [-0.25, -0.2) is 9.59 Å². The fourth-order valence-electron chi connectivity index (χ4n) is 2.08. The Morgan fingerprint density at radius 2 is 1.92 bits per heavy atom. The summed E-state index contributed by atoms with van der Waals surface area (Å²) in [6, 6.07) is 0. The molecule has 0 aromatic heterocycles. The van der Waals surface area contributed by atoms with Crippen LogP contribution in [0.15, 0.2) is 23.3 Å². The van der Waals surface area contributed by atoms with Gasteiger partial charge in [-0.2, -0.15) is 8.42 Å². The van der Waals surface area contributed by atoms with Crippen molar-refractivity contribution < 1.29 is 32.6 Å². The first-order chi connectivity index (χ1) is 11.5. The van der Waals surface area contributed by atoms with Gasteiger partial charge in [0.05, 0.1) is 5.57 Å². The van der Waals surface area contributed by atoms with Crippen LogP contribution in [0.1, 0.15) is 34.1 Å². The molecule has 0 fully saturated rings. The van der Waals surface area contributed by atoms with Crippen molar-refractivity contribution in [1.29, 1.82) is 0 Å². The van der Waals surface area contributed by atoms with Crippen molar-refractivity contribution in [1.82, 2.24) is 5.32 Å². The topological polar surface area (TPSA) is 119 Å². The lowest BCUT2D eigenvalue weighted by atomic mass is 9.96. The second kappa shape index (κ2) is 8.82. The first-order valence-electron chi connectivity index (χ1n) is 7.69. The standard InChI is InChI=1S/C16H23NO7S/c1-10-6-7-11(14(18)19)12(13(10)25(21)22)23-9-5-8-17-15(20)24-16(2,3)4/h6-7,12H,5,8-9H2,1-4H3,(H,17,20)(H,18,19). The Hall–Kier alpha value is -2.13. The normalized spacial score (nSPS) is 17.4. The van der Waals surface area contributed by atoms with Gasteiger partial charge < -0.3 is 19.9 Å². The lowest BCUT2D eigenvalue weighted by molar-refractivity contribution is -0.133. The number of carbonyl (C=O) groups is 2. The van der Waals surface area contributed by atoms with Gasteiger partial charge in [0.2, 0.25) is 10.3 Å². The molecule has 0 heterocycles. The summed E-state index contributed by atoms with van der Waals surface area (Å²) in [6.45, 7) is 7.12. The first-order valence-corrected chi connectivity index (χ1v) is 8.77. The van der Waals surface area contributed by atoms with Crippen LogP contribution in [0.25, 0.3) is 0 Å². The number of aliphatic carboxylic acids is 1. The van der Waals surface area contributed by atoms with Crippen LogP contribution in [-0.4, -0.2) is 55.3 Å². The minimum Gasteiger partial charge on any atom is -0.478 e. The highest BCUT2D eigenvalue weighted by Gasteiger charge is 2.30. The third-order valence-electron chi connectivity index (χ3n) is 3.12. The number of allylic oxidation sites excluding steroid dienone is 2. The summed E-state index contributed by atoms with van der Waals surface area (Å²) >= 11 is 0. The maximum absolute atomic E-state index is 11.5. The van der Waals surface area contributed by atoms with E-state index in [1.807, 2.05) is 0 Å². The number of alkyl carbamates (subject to hydrolysis) is 1. The maximum atomic E-state index is 11.5. The molecule has 1 rings (SSSR count). The molecular weight excluding hydrogens is 350 g/mol. The number of nitrogens with one attached hydrogen (secondary N) is 1. The molecule has 9 heteroatoms.